The van der Waals surface area contributed by atoms with E-state index in [2.05, 4.69) is 4.98 Å². The maximum Gasteiger partial charge on any atom is 0.129 e. The molecular weight excluding hydrogens is 331 g/mol. The van der Waals surface area contributed by atoms with Crippen LogP contribution in [0.15, 0.2) is 36.4 Å². The Morgan fingerprint density at radius 3 is 2.71 bits per heavy atom. The van der Waals surface area contributed by atoms with E-state index in [0.29, 0.717) is 15.9 Å². The number of halogens is 3. The van der Waals surface area contributed by atoms with Gasteiger partial charge in [0.1, 0.15) is 11.6 Å². The minimum Gasteiger partial charge on any atom is -0.497 e. The van der Waals surface area contributed by atoms with Crippen molar-refractivity contribution < 1.29 is 4.74 Å². The van der Waals surface area contributed by atoms with Crippen molar-refractivity contribution in [3.8, 4) is 11.4 Å². The zero-order valence-corrected chi connectivity index (χ0v) is 13.4. The van der Waals surface area contributed by atoms with E-state index in [0.717, 1.165) is 22.5 Å². The maximum atomic E-state index is 6.32. The van der Waals surface area contributed by atoms with Crippen LogP contribution in [0.4, 0.5) is 0 Å². The largest absolute Gasteiger partial charge is 0.497 e. The minimum atomic E-state index is 0.264. The lowest BCUT2D eigenvalue weighted by atomic mass is 10.2. The van der Waals surface area contributed by atoms with Crippen molar-refractivity contribution in [2.75, 3.05) is 7.11 Å². The lowest BCUT2D eigenvalue weighted by molar-refractivity contribution is 0.415. The number of hydrogen-bond donors (Lipinski definition) is 0. The van der Waals surface area contributed by atoms with E-state index in [1.54, 1.807) is 13.2 Å². The Hall–Kier alpha value is -1.42. The second-order valence-corrected chi connectivity index (χ2v) is 5.48. The summed E-state index contributed by atoms with van der Waals surface area (Å²) in [5.74, 6) is 1.70. The van der Waals surface area contributed by atoms with Crippen LogP contribution in [0.5, 0.6) is 5.75 Å². The topological polar surface area (TPSA) is 27.1 Å². The number of ether oxygens (including phenoxy) is 1. The van der Waals surface area contributed by atoms with Crippen LogP contribution in [0.3, 0.4) is 0 Å². The summed E-state index contributed by atoms with van der Waals surface area (Å²) in [6.07, 6.45) is 0. The summed E-state index contributed by atoms with van der Waals surface area (Å²) in [6.45, 7) is 0. The molecule has 3 rings (SSSR count). The van der Waals surface area contributed by atoms with Crippen LogP contribution in [0.1, 0.15) is 5.82 Å². The third-order valence-electron chi connectivity index (χ3n) is 3.22. The van der Waals surface area contributed by atoms with Gasteiger partial charge < -0.3 is 4.74 Å². The molecular formula is C15H11Cl3N2O. The van der Waals surface area contributed by atoms with Crippen LogP contribution in [0, 0.1) is 0 Å². The van der Waals surface area contributed by atoms with Crippen LogP contribution in [-0.4, -0.2) is 16.7 Å². The molecule has 0 radical (unpaired) electrons. The fraction of sp³-hybridized carbons (Fsp3) is 0.133. The van der Waals surface area contributed by atoms with E-state index in [9.17, 15) is 0 Å². The molecule has 108 valence electrons. The highest BCUT2D eigenvalue weighted by atomic mass is 35.5. The number of nitrogens with zero attached hydrogens (tertiary/aromatic N) is 2. The van der Waals surface area contributed by atoms with Crippen molar-refractivity contribution in [2.45, 2.75) is 5.88 Å². The van der Waals surface area contributed by atoms with E-state index in [4.69, 9.17) is 39.5 Å². The molecule has 2 aromatic carbocycles. The molecule has 1 heterocycles. The van der Waals surface area contributed by atoms with Crippen molar-refractivity contribution in [1.82, 2.24) is 9.55 Å². The summed E-state index contributed by atoms with van der Waals surface area (Å²) in [5.41, 5.74) is 2.45. The van der Waals surface area contributed by atoms with Crippen LogP contribution in [-0.2, 0) is 5.88 Å². The van der Waals surface area contributed by atoms with E-state index in [1.165, 1.54) is 0 Å². The summed E-state index contributed by atoms with van der Waals surface area (Å²) in [6, 6.07) is 11.1. The van der Waals surface area contributed by atoms with Crippen molar-refractivity contribution in [2.24, 2.45) is 0 Å². The standard InChI is InChI=1S/C15H11Cl3N2O/c1-21-9-5-6-12-11(7-9)19-14(8-16)20(12)13-4-2-3-10(17)15(13)18/h2-7H,8H2,1H3. The Morgan fingerprint density at radius 1 is 1.19 bits per heavy atom. The molecule has 0 amide bonds. The lowest BCUT2D eigenvalue weighted by Crippen LogP contribution is -2.00. The summed E-state index contributed by atoms with van der Waals surface area (Å²) in [4.78, 5) is 4.54. The number of fused-ring (bicyclic) bond motifs is 1. The quantitative estimate of drug-likeness (QED) is 0.621. The molecule has 0 atom stereocenters. The van der Waals surface area contributed by atoms with Gasteiger partial charge in [-0.1, -0.05) is 29.3 Å². The average Bonchev–Trinajstić information content (AvgIpc) is 2.87. The Labute approximate surface area is 137 Å². The van der Waals surface area contributed by atoms with E-state index in [-0.39, 0.29) is 5.88 Å². The van der Waals surface area contributed by atoms with Gasteiger partial charge in [0.05, 0.1) is 39.8 Å². The van der Waals surface area contributed by atoms with Gasteiger partial charge in [-0.3, -0.25) is 4.57 Å². The Kier molecular flexibility index (Phi) is 3.98. The fourth-order valence-electron chi connectivity index (χ4n) is 2.26. The first kappa shape index (κ1) is 14.5. The van der Waals surface area contributed by atoms with Crippen molar-refractivity contribution in [3.63, 3.8) is 0 Å². The second kappa shape index (κ2) is 5.76. The van der Waals surface area contributed by atoms with Gasteiger partial charge in [-0.05, 0) is 24.3 Å². The molecule has 21 heavy (non-hydrogen) atoms. The summed E-state index contributed by atoms with van der Waals surface area (Å²) in [5, 5.41) is 0.964. The highest BCUT2D eigenvalue weighted by Crippen LogP contribution is 2.33. The van der Waals surface area contributed by atoms with Crippen LogP contribution in [0.25, 0.3) is 16.7 Å². The molecule has 0 unspecified atom stereocenters. The van der Waals surface area contributed by atoms with Crippen LogP contribution >= 0.6 is 34.8 Å². The van der Waals surface area contributed by atoms with Crippen LogP contribution in [0.2, 0.25) is 10.0 Å². The summed E-state index contributed by atoms with van der Waals surface area (Å²) < 4.78 is 7.14. The van der Waals surface area contributed by atoms with Gasteiger partial charge in [-0.25, -0.2) is 4.98 Å². The Bertz CT molecular complexity index is 814. The van der Waals surface area contributed by atoms with Gasteiger partial charge in [-0.15, -0.1) is 11.6 Å². The highest BCUT2D eigenvalue weighted by Gasteiger charge is 2.15. The minimum absolute atomic E-state index is 0.264. The molecule has 0 aliphatic rings. The Morgan fingerprint density at radius 2 is 2.00 bits per heavy atom. The normalized spacial score (nSPS) is 11.0. The molecule has 3 nitrogen and oxygen atoms in total. The average molecular weight is 342 g/mol. The summed E-state index contributed by atoms with van der Waals surface area (Å²) in [7, 11) is 1.62. The molecule has 0 saturated heterocycles. The van der Waals surface area contributed by atoms with E-state index < -0.39 is 0 Å². The molecule has 3 aromatic rings. The van der Waals surface area contributed by atoms with Gasteiger partial charge >= 0.3 is 0 Å². The van der Waals surface area contributed by atoms with Gasteiger partial charge in [0.25, 0.3) is 0 Å². The number of rotatable bonds is 3. The fourth-order valence-corrected chi connectivity index (χ4v) is 2.82. The lowest BCUT2D eigenvalue weighted by Gasteiger charge is -2.11. The summed E-state index contributed by atoms with van der Waals surface area (Å²) >= 11 is 18.5. The zero-order chi connectivity index (χ0) is 15.0. The molecule has 1 aromatic heterocycles. The van der Waals surface area contributed by atoms with Crippen LogP contribution < -0.4 is 4.74 Å². The van der Waals surface area contributed by atoms with Crippen molar-refractivity contribution in [1.29, 1.82) is 0 Å². The first-order chi connectivity index (χ1) is 10.2. The predicted molar refractivity (Wildman–Crippen MR) is 87.2 cm³/mol. The molecule has 0 fully saturated rings. The van der Waals surface area contributed by atoms with E-state index in [1.807, 2.05) is 34.9 Å². The first-order valence-corrected chi connectivity index (χ1v) is 7.50. The first-order valence-electron chi connectivity index (χ1n) is 6.21. The number of alkyl halides is 1. The molecule has 0 spiro atoms. The van der Waals surface area contributed by atoms with Gasteiger partial charge in [0, 0.05) is 6.07 Å². The molecule has 0 N–H and O–H groups in total. The Balaban J connectivity index is 2.32. The molecule has 0 aliphatic heterocycles. The van der Waals surface area contributed by atoms with E-state index >= 15 is 0 Å². The van der Waals surface area contributed by atoms with Crippen molar-refractivity contribution in [3.05, 3.63) is 52.3 Å². The SMILES string of the molecule is COc1ccc2c(c1)nc(CCl)n2-c1cccc(Cl)c1Cl. The van der Waals surface area contributed by atoms with Gasteiger partial charge in [-0.2, -0.15) is 0 Å². The second-order valence-electron chi connectivity index (χ2n) is 4.42. The number of imidazole rings is 1. The molecule has 0 aliphatic carbocycles. The van der Waals surface area contributed by atoms with Crippen molar-refractivity contribution >= 4 is 45.8 Å². The number of methoxy groups -OCH3 is 1. The molecule has 6 heteroatoms. The third-order valence-corrected chi connectivity index (χ3v) is 4.27. The zero-order valence-electron chi connectivity index (χ0n) is 11.1. The predicted octanol–water partition coefficient (Wildman–Crippen LogP) is 5.08. The maximum absolute atomic E-state index is 6.32. The van der Waals surface area contributed by atoms with Gasteiger partial charge in [0.15, 0.2) is 0 Å². The number of hydrogen-bond acceptors (Lipinski definition) is 2. The smallest absolute Gasteiger partial charge is 0.129 e. The number of benzene rings is 2. The molecule has 0 bridgehead atoms. The number of aromatic nitrogens is 2. The monoisotopic (exact) mass is 340 g/mol. The molecule has 0 saturated carbocycles. The highest BCUT2D eigenvalue weighted by molar-refractivity contribution is 6.43. The van der Waals surface area contributed by atoms with Gasteiger partial charge in [0.2, 0.25) is 0 Å². The third kappa shape index (κ3) is 2.46.